The molecule has 1 aliphatic rings. The molecule has 0 saturated carbocycles. The fourth-order valence-electron chi connectivity index (χ4n) is 3.51. The van der Waals surface area contributed by atoms with Crippen molar-refractivity contribution in [1.29, 1.82) is 0 Å². The van der Waals surface area contributed by atoms with Gasteiger partial charge in [0, 0.05) is 18.3 Å². The molecule has 34 heavy (non-hydrogen) atoms. The maximum Gasteiger partial charge on any atom is 0.338 e. The molecule has 172 valence electrons. The predicted octanol–water partition coefficient (Wildman–Crippen LogP) is 3.27. The summed E-state index contributed by atoms with van der Waals surface area (Å²) in [7, 11) is 0. The van der Waals surface area contributed by atoms with Crippen LogP contribution in [0.15, 0.2) is 60.7 Å². The first kappa shape index (κ1) is 23.1. The van der Waals surface area contributed by atoms with Crippen LogP contribution < -0.4 is 10.2 Å². The zero-order valence-corrected chi connectivity index (χ0v) is 19.0. The standard InChI is InChI=1S/C25H20N2O6S/c1-15(28)26-12-11-18-9-10-22(34-18)21(29)14-33-25(32)16-5-4-6-17(13-16)27-23(30)19-7-2-3-8-20(19)24(27)31/h2-10,13H,11-12,14H2,1H3,(H,26,28). The Morgan fingerprint density at radius 1 is 0.941 bits per heavy atom. The number of amides is 3. The van der Waals surface area contributed by atoms with Crippen LogP contribution in [0, 0.1) is 0 Å². The molecule has 0 fully saturated rings. The second-order valence-electron chi connectivity index (χ2n) is 7.54. The summed E-state index contributed by atoms with van der Waals surface area (Å²) < 4.78 is 5.17. The van der Waals surface area contributed by atoms with Crippen molar-refractivity contribution in [2.75, 3.05) is 18.1 Å². The van der Waals surface area contributed by atoms with Crippen molar-refractivity contribution >= 4 is 46.5 Å². The number of anilines is 1. The third kappa shape index (κ3) is 4.79. The maximum absolute atomic E-state index is 12.7. The van der Waals surface area contributed by atoms with Gasteiger partial charge in [0.15, 0.2) is 6.61 Å². The third-order valence-corrected chi connectivity index (χ3v) is 6.34. The van der Waals surface area contributed by atoms with Crippen LogP contribution in [0.25, 0.3) is 0 Å². The van der Waals surface area contributed by atoms with Crippen LogP contribution >= 0.6 is 11.3 Å². The summed E-state index contributed by atoms with van der Waals surface area (Å²) in [4.78, 5) is 63.7. The van der Waals surface area contributed by atoms with Gasteiger partial charge in [0.1, 0.15) is 0 Å². The van der Waals surface area contributed by atoms with Gasteiger partial charge in [-0.15, -0.1) is 11.3 Å². The Hall–Kier alpha value is -4.11. The molecule has 9 heteroatoms. The molecule has 1 aliphatic heterocycles. The highest BCUT2D eigenvalue weighted by molar-refractivity contribution is 7.14. The molecule has 0 unspecified atom stereocenters. The molecule has 0 spiro atoms. The number of ketones is 1. The van der Waals surface area contributed by atoms with Gasteiger partial charge >= 0.3 is 5.97 Å². The number of rotatable bonds is 8. The summed E-state index contributed by atoms with van der Waals surface area (Å²) in [6.45, 7) is 1.47. The molecule has 0 bridgehead atoms. The molecular formula is C25H20N2O6S. The Labute approximate surface area is 199 Å². The van der Waals surface area contributed by atoms with E-state index in [2.05, 4.69) is 5.32 Å². The van der Waals surface area contributed by atoms with E-state index in [9.17, 15) is 24.0 Å². The maximum atomic E-state index is 12.7. The van der Waals surface area contributed by atoms with Gasteiger partial charge in [-0.25, -0.2) is 9.69 Å². The van der Waals surface area contributed by atoms with E-state index in [0.717, 1.165) is 9.78 Å². The van der Waals surface area contributed by atoms with Crippen LogP contribution in [0.5, 0.6) is 0 Å². The minimum atomic E-state index is -0.741. The highest BCUT2D eigenvalue weighted by Crippen LogP contribution is 2.29. The van der Waals surface area contributed by atoms with Gasteiger partial charge in [-0.05, 0) is 48.9 Å². The number of imide groups is 1. The highest BCUT2D eigenvalue weighted by atomic mass is 32.1. The molecule has 1 N–H and O–H groups in total. The third-order valence-electron chi connectivity index (χ3n) is 5.15. The number of carbonyl (C=O) groups is 5. The van der Waals surface area contributed by atoms with Gasteiger partial charge in [0.2, 0.25) is 11.7 Å². The van der Waals surface area contributed by atoms with Gasteiger partial charge in [-0.2, -0.15) is 0 Å². The second-order valence-corrected chi connectivity index (χ2v) is 8.71. The fraction of sp³-hybridized carbons (Fsp3) is 0.160. The number of Topliss-reactive ketones (excluding diaryl/α,β-unsaturated/α-hetero) is 1. The largest absolute Gasteiger partial charge is 0.454 e. The zero-order valence-electron chi connectivity index (χ0n) is 18.2. The van der Waals surface area contributed by atoms with Crippen LogP contribution in [0.1, 0.15) is 52.5 Å². The number of nitrogens with zero attached hydrogens (tertiary/aromatic N) is 1. The quantitative estimate of drug-likeness (QED) is 0.304. The molecule has 0 radical (unpaired) electrons. The smallest absolute Gasteiger partial charge is 0.338 e. The number of hydrogen-bond donors (Lipinski definition) is 1. The van der Waals surface area contributed by atoms with Gasteiger partial charge < -0.3 is 10.1 Å². The number of fused-ring (bicyclic) bond motifs is 1. The van der Waals surface area contributed by atoms with Crippen molar-refractivity contribution in [2.24, 2.45) is 0 Å². The average molecular weight is 477 g/mol. The SMILES string of the molecule is CC(=O)NCCc1ccc(C(=O)COC(=O)c2cccc(N3C(=O)c4ccccc4C3=O)c2)s1. The van der Waals surface area contributed by atoms with Crippen LogP contribution in [-0.2, 0) is 16.0 Å². The lowest BCUT2D eigenvalue weighted by Gasteiger charge is -2.14. The van der Waals surface area contributed by atoms with E-state index < -0.39 is 24.4 Å². The topological polar surface area (TPSA) is 110 Å². The van der Waals surface area contributed by atoms with Gasteiger partial charge in [0.25, 0.3) is 11.8 Å². The van der Waals surface area contributed by atoms with Crippen molar-refractivity contribution in [3.63, 3.8) is 0 Å². The average Bonchev–Trinajstić information content (AvgIpc) is 3.40. The number of hydrogen-bond acceptors (Lipinski definition) is 7. The Morgan fingerprint density at radius 2 is 1.65 bits per heavy atom. The van der Waals surface area contributed by atoms with Crippen molar-refractivity contribution in [3.05, 3.63) is 87.1 Å². The normalized spacial score (nSPS) is 12.4. The van der Waals surface area contributed by atoms with Crippen molar-refractivity contribution in [2.45, 2.75) is 13.3 Å². The molecule has 1 aromatic heterocycles. The van der Waals surface area contributed by atoms with Crippen LogP contribution in [0.2, 0.25) is 0 Å². The summed E-state index contributed by atoms with van der Waals surface area (Å²) >= 11 is 1.28. The predicted molar refractivity (Wildman–Crippen MR) is 125 cm³/mol. The number of ether oxygens (including phenoxy) is 1. The van der Waals surface area contributed by atoms with E-state index in [1.807, 2.05) is 0 Å². The molecule has 0 atom stereocenters. The minimum Gasteiger partial charge on any atom is -0.454 e. The number of benzene rings is 2. The van der Waals surface area contributed by atoms with E-state index in [4.69, 9.17) is 4.74 Å². The summed E-state index contributed by atoms with van der Waals surface area (Å²) in [5, 5.41) is 2.69. The summed E-state index contributed by atoms with van der Waals surface area (Å²) in [6.07, 6.45) is 0.599. The Bertz CT molecular complexity index is 1280. The summed E-state index contributed by atoms with van der Waals surface area (Å²) in [5.41, 5.74) is 0.968. The van der Waals surface area contributed by atoms with Crippen LogP contribution in [-0.4, -0.2) is 42.6 Å². The molecular weight excluding hydrogens is 456 g/mol. The molecule has 2 aromatic carbocycles. The van der Waals surface area contributed by atoms with E-state index in [1.165, 1.54) is 36.5 Å². The number of thiophene rings is 1. The lowest BCUT2D eigenvalue weighted by atomic mass is 10.1. The fourth-order valence-corrected chi connectivity index (χ4v) is 4.44. The number of esters is 1. The van der Waals surface area contributed by atoms with E-state index in [-0.39, 0.29) is 22.9 Å². The Balaban J connectivity index is 1.39. The molecule has 4 rings (SSSR count). The van der Waals surface area contributed by atoms with Crippen molar-refractivity contribution in [3.8, 4) is 0 Å². The van der Waals surface area contributed by atoms with Crippen molar-refractivity contribution in [1.82, 2.24) is 5.32 Å². The van der Waals surface area contributed by atoms with E-state index in [1.54, 1.807) is 42.5 Å². The monoisotopic (exact) mass is 476 g/mol. The first-order valence-electron chi connectivity index (χ1n) is 10.5. The van der Waals surface area contributed by atoms with Crippen molar-refractivity contribution < 1.29 is 28.7 Å². The van der Waals surface area contributed by atoms with Gasteiger partial charge in [-0.3, -0.25) is 19.2 Å². The summed E-state index contributed by atoms with van der Waals surface area (Å²) in [5.74, 6) is -2.14. The molecule has 0 saturated heterocycles. The van der Waals surface area contributed by atoms with Gasteiger partial charge in [-0.1, -0.05) is 18.2 Å². The molecule has 2 heterocycles. The van der Waals surface area contributed by atoms with Gasteiger partial charge in [0.05, 0.1) is 27.3 Å². The van der Waals surface area contributed by atoms with E-state index >= 15 is 0 Å². The second kappa shape index (κ2) is 9.80. The van der Waals surface area contributed by atoms with E-state index in [0.29, 0.717) is 29.0 Å². The van der Waals surface area contributed by atoms with Crippen LogP contribution in [0.4, 0.5) is 5.69 Å². The lowest BCUT2D eigenvalue weighted by molar-refractivity contribution is -0.118. The minimum absolute atomic E-state index is 0.115. The lowest BCUT2D eigenvalue weighted by Crippen LogP contribution is -2.29. The Morgan fingerprint density at radius 3 is 2.32 bits per heavy atom. The van der Waals surface area contributed by atoms with Crippen LogP contribution in [0.3, 0.4) is 0 Å². The zero-order chi connectivity index (χ0) is 24.2. The number of carbonyl (C=O) groups excluding carboxylic acids is 5. The first-order valence-corrected chi connectivity index (χ1v) is 11.3. The molecule has 3 amide bonds. The summed E-state index contributed by atoms with van der Waals surface area (Å²) in [6, 6.07) is 15.9. The first-order chi connectivity index (χ1) is 16.3. The number of nitrogens with one attached hydrogen (secondary N) is 1. The Kier molecular flexibility index (Phi) is 6.65. The molecule has 0 aliphatic carbocycles. The molecule has 8 nitrogen and oxygen atoms in total. The molecule has 3 aromatic rings. The highest BCUT2D eigenvalue weighted by Gasteiger charge is 2.36.